The van der Waals surface area contributed by atoms with E-state index >= 15 is 0 Å². The molecule has 1 aliphatic rings. The minimum atomic E-state index is -0.203. The number of nitrogens with zero attached hydrogens (tertiary/aromatic N) is 2. The predicted octanol–water partition coefficient (Wildman–Crippen LogP) is 1.73. The van der Waals surface area contributed by atoms with Gasteiger partial charge in [0.05, 0.1) is 12.7 Å². The van der Waals surface area contributed by atoms with Gasteiger partial charge in [-0.25, -0.2) is 4.98 Å². The number of piperidine rings is 1. The van der Waals surface area contributed by atoms with Crippen LogP contribution < -0.4 is 10.1 Å². The first kappa shape index (κ1) is 16.5. The molecular weight excluding hydrogens is 306 g/mol. The lowest BCUT2D eigenvalue weighted by atomic mass is 9.96. The third-order valence-electron chi connectivity index (χ3n) is 3.87. The van der Waals surface area contributed by atoms with Gasteiger partial charge in [-0.1, -0.05) is 11.6 Å². The summed E-state index contributed by atoms with van der Waals surface area (Å²) in [5.41, 5.74) is 0.409. The van der Waals surface area contributed by atoms with Crippen molar-refractivity contribution >= 4 is 23.4 Å². The highest BCUT2D eigenvalue weighted by Crippen LogP contribution is 2.22. The fraction of sp³-hybridized carbons (Fsp3) is 0.533. The van der Waals surface area contributed by atoms with E-state index in [2.05, 4.69) is 10.3 Å². The highest BCUT2D eigenvalue weighted by molar-refractivity contribution is 6.32. The van der Waals surface area contributed by atoms with E-state index in [0.29, 0.717) is 28.9 Å². The molecule has 0 atom stereocenters. The van der Waals surface area contributed by atoms with Crippen LogP contribution in [0.3, 0.4) is 0 Å². The molecule has 1 aromatic rings. The number of amides is 2. The first-order valence-electron chi connectivity index (χ1n) is 7.24. The van der Waals surface area contributed by atoms with Crippen LogP contribution in [0.5, 0.6) is 5.88 Å². The van der Waals surface area contributed by atoms with E-state index in [1.807, 2.05) is 4.90 Å². The summed E-state index contributed by atoms with van der Waals surface area (Å²) in [5.74, 6) is 0.600. The number of methoxy groups -OCH3 is 1. The minimum absolute atomic E-state index is 0.112. The zero-order chi connectivity index (χ0) is 16.1. The van der Waals surface area contributed by atoms with E-state index in [-0.39, 0.29) is 11.8 Å². The highest BCUT2D eigenvalue weighted by atomic mass is 35.5. The molecule has 1 N–H and O–H groups in total. The van der Waals surface area contributed by atoms with Gasteiger partial charge in [0.2, 0.25) is 11.8 Å². The van der Waals surface area contributed by atoms with Crippen LogP contribution in [0.2, 0.25) is 5.02 Å². The third-order valence-corrected chi connectivity index (χ3v) is 4.14. The molecular formula is C15H20ClN3O3. The van der Waals surface area contributed by atoms with Crippen LogP contribution in [0.4, 0.5) is 0 Å². The molecule has 2 heterocycles. The van der Waals surface area contributed by atoms with Crippen molar-refractivity contribution in [3.8, 4) is 5.88 Å². The smallest absolute Gasteiger partial charge is 0.252 e. The molecule has 2 amide bonds. The maximum absolute atomic E-state index is 12.1. The molecule has 1 aromatic heterocycles. The molecule has 2 rings (SSSR count). The molecule has 1 saturated heterocycles. The summed E-state index contributed by atoms with van der Waals surface area (Å²) in [6, 6.07) is 1.54. The molecule has 6 nitrogen and oxygen atoms in total. The predicted molar refractivity (Wildman–Crippen MR) is 83.1 cm³/mol. The van der Waals surface area contributed by atoms with Crippen LogP contribution >= 0.6 is 11.6 Å². The van der Waals surface area contributed by atoms with Gasteiger partial charge in [-0.05, 0) is 24.8 Å². The van der Waals surface area contributed by atoms with E-state index in [1.54, 1.807) is 13.0 Å². The number of rotatable bonds is 4. The van der Waals surface area contributed by atoms with E-state index in [9.17, 15) is 9.59 Å². The van der Waals surface area contributed by atoms with Crippen molar-refractivity contribution in [3.63, 3.8) is 0 Å². The summed E-state index contributed by atoms with van der Waals surface area (Å²) < 4.78 is 4.96. The molecule has 0 radical (unpaired) electrons. The average molecular weight is 326 g/mol. The molecule has 120 valence electrons. The third kappa shape index (κ3) is 4.10. The number of halogens is 1. The Labute approximate surface area is 134 Å². The molecule has 0 aromatic carbocycles. The maximum atomic E-state index is 12.1. The first-order valence-corrected chi connectivity index (χ1v) is 7.62. The van der Waals surface area contributed by atoms with Gasteiger partial charge in [-0.2, -0.15) is 0 Å². The number of carbonyl (C=O) groups excluding carboxylic acids is 2. The summed E-state index contributed by atoms with van der Waals surface area (Å²) >= 11 is 5.96. The Hall–Kier alpha value is -1.82. The van der Waals surface area contributed by atoms with Crippen LogP contribution in [-0.2, 0) is 4.79 Å². The molecule has 0 saturated carbocycles. The topological polar surface area (TPSA) is 71.5 Å². The largest absolute Gasteiger partial charge is 0.480 e. The summed E-state index contributed by atoms with van der Waals surface area (Å²) in [4.78, 5) is 29.2. The van der Waals surface area contributed by atoms with E-state index in [1.165, 1.54) is 13.3 Å². The normalized spacial score (nSPS) is 15.5. The fourth-order valence-corrected chi connectivity index (χ4v) is 2.73. The van der Waals surface area contributed by atoms with Gasteiger partial charge < -0.3 is 15.0 Å². The Morgan fingerprint density at radius 1 is 1.45 bits per heavy atom. The van der Waals surface area contributed by atoms with Gasteiger partial charge in [0.25, 0.3) is 5.91 Å². The number of aromatic nitrogens is 1. The molecule has 1 aliphatic heterocycles. The van der Waals surface area contributed by atoms with Crippen molar-refractivity contribution in [3.05, 3.63) is 22.8 Å². The summed E-state index contributed by atoms with van der Waals surface area (Å²) in [5, 5.41) is 3.21. The van der Waals surface area contributed by atoms with Gasteiger partial charge in [0.1, 0.15) is 5.02 Å². The number of nitrogens with one attached hydrogen (secondary N) is 1. The molecule has 0 unspecified atom stereocenters. The second kappa shape index (κ2) is 7.45. The zero-order valence-corrected chi connectivity index (χ0v) is 13.5. The minimum Gasteiger partial charge on any atom is -0.480 e. The fourth-order valence-electron chi connectivity index (χ4n) is 2.49. The number of hydrogen-bond donors (Lipinski definition) is 1. The number of hydrogen-bond acceptors (Lipinski definition) is 4. The summed E-state index contributed by atoms with van der Waals surface area (Å²) in [7, 11) is 1.47. The monoisotopic (exact) mass is 325 g/mol. The van der Waals surface area contributed by atoms with Gasteiger partial charge >= 0.3 is 0 Å². The molecule has 1 fully saturated rings. The maximum Gasteiger partial charge on any atom is 0.252 e. The van der Waals surface area contributed by atoms with Crippen LogP contribution in [0.15, 0.2) is 12.3 Å². The molecule has 0 spiro atoms. The second-order valence-corrected chi connectivity index (χ2v) is 5.78. The molecule has 7 heteroatoms. The van der Waals surface area contributed by atoms with Crippen molar-refractivity contribution in [2.24, 2.45) is 5.92 Å². The quantitative estimate of drug-likeness (QED) is 0.915. The Morgan fingerprint density at radius 3 is 2.68 bits per heavy atom. The van der Waals surface area contributed by atoms with Crippen LogP contribution in [0, 0.1) is 5.92 Å². The van der Waals surface area contributed by atoms with Gasteiger partial charge in [0, 0.05) is 32.8 Å². The van der Waals surface area contributed by atoms with Gasteiger partial charge in [-0.3, -0.25) is 9.59 Å². The first-order chi connectivity index (χ1) is 10.5. The Morgan fingerprint density at radius 2 is 2.14 bits per heavy atom. The lowest BCUT2D eigenvalue weighted by Gasteiger charge is -2.31. The van der Waals surface area contributed by atoms with Crippen LogP contribution in [-0.4, -0.2) is 48.4 Å². The van der Waals surface area contributed by atoms with E-state index in [0.717, 1.165) is 25.9 Å². The number of pyridine rings is 1. The Kier molecular flexibility index (Phi) is 5.60. The average Bonchev–Trinajstić information content (AvgIpc) is 2.52. The molecule has 0 aliphatic carbocycles. The number of likely N-dealkylation sites (tertiary alicyclic amines) is 1. The standard InChI is InChI=1S/C15H20ClN3O3/c1-10(20)19-5-3-11(4-6-19)8-17-14(21)12-7-13(16)15(22-2)18-9-12/h7,9,11H,3-6,8H2,1-2H3,(H,17,21). The number of ether oxygens (including phenoxy) is 1. The van der Waals surface area contributed by atoms with Crippen molar-refractivity contribution in [1.82, 2.24) is 15.2 Å². The molecule has 0 bridgehead atoms. The van der Waals surface area contributed by atoms with Crippen molar-refractivity contribution in [2.45, 2.75) is 19.8 Å². The lowest BCUT2D eigenvalue weighted by molar-refractivity contribution is -0.130. The summed E-state index contributed by atoms with van der Waals surface area (Å²) in [6.07, 6.45) is 3.25. The molecule has 22 heavy (non-hydrogen) atoms. The summed E-state index contributed by atoms with van der Waals surface area (Å²) in [6.45, 7) is 3.69. The van der Waals surface area contributed by atoms with Gasteiger partial charge in [-0.15, -0.1) is 0 Å². The van der Waals surface area contributed by atoms with Crippen molar-refractivity contribution in [1.29, 1.82) is 0 Å². The SMILES string of the molecule is COc1ncc(C(=O)NCC2CCN(C(C)=O)CC2)cc1Cl. The Balaban J connectivity index is 1.83. The van der Waals surface area contributed by atoms with E-state index < -0.39 is 0 Å². The van der Waals surface area contributed by atoms with E-state index in [4.69, 9.17) is 16.3 Å². The zero-order valence-electron chi connectivity index (χ0n) is 12.8. The lowest BCUT2D eigenvalue weighted by Crippen LogP contribution is -2.40. The van der Waals surface area contributed by atoms with Crippen LogP contribution in [0.25, 0.3) is 0 Å². The Bertz CT molecular complexity index is 557. The van der Waals surface area contributed by atoms with Crippen LogP contribution in [0.1, 0.15) is 30.1 Å². The van der Waals surface area contributed by atoms with Gasteiger partial charge in [0.15, 0.2) is 0 Å². The van der Waals surface area contributed by atoms with Crippen molar-refractivity contribution in [2.75, 3.05) is 26.7 Å². The van der Waals surface area contributed by atoms with Crippen molar-refractivity contribution < 1.29 is 14.3 Å². The second-order valence-electron chi connectivity index (χ2n) is 5.37. The highest BCUT2D eigenvalue weighted by Gasteiger charge is 2.21. The number of carbonyl (C=O) groups is 2.